The van der Waals surface area contributed by atoms with Crippen molar-refractivity contribution in [2.75, 3.05) is 6.61 Å². The van der Waals surface area contributed by atoms with Crippen LogP contribution in [-0.4, -0.2) is 28.2 Å². The van der Waals surface area contributed by atoms with Gasteiger partial charge in [-0.3, -0.25) is 0 Å². The predicted octanol–water partition coefficient (Wildman–Crippen LogP) is 6.35. The van der Waals surface area contributed by atoms with Crippen molar-refractivity contribution in [1.29, 1.82) is 0 Å². The van der Waals surface area contributed by atoms with Gasteiger partial charge in [0.05, 0.1) is 6.61 Å². The summed E-state index contributed by atoms with van der Waals surface area (Å²) in [4.78, 5) is 21.2. The second-order valence-corrected chi connectivity index (χ2v) is 10.1. The Morgan fingerprint density at radius 1 is 0.880 bits per heavy atom. The third kappa shape index (κ3) is 8.93. The fourth-order valence-electron chi connectivity index (χ4n) is 3.34. The van der Waals surface area contributed by atoms with Crippen molar-refractivity contribution in [3.63, 3.8) is 0 Å². The van der Waals surface area contributed by atoms with Crippen LogP contribution in [-0.2, 0) is 4.74 Å². The zero-order chi connectivity index (χ0) is 19.7. The van der Waals surface area contributed by atoms with Crippen LogP contribution in [0.5, 0.6) is 0 Å². The molecule has 0 rings (SSSR count). The zero-order valence-corrected chi connectivity index (χ0v) is 18.3. The van der Waals surface area contributed by atoms with Crippen molar-refractivity contribution in [1.82, 2.24) is 5.32 Å². The Bertz CT molecular complexity index is 410. The summed E-state index contributed by atoms with van der Waals surface area (Å²) in [5.74, 6) is 0. The Morgan fingerprint density at radius 2 is 1.32 bits per heavy atom. The summed E-state index contributed by atoms with van der Waals surface area (Å²) < 4.78 is 4.87. The van der Waals surface area contributed by atoms with Crippen LogP contribution in [0.1, 0.15) is 86.5 Å². The summed E-state index contributed by atoms with van der Waals surface area (Å²) in [7, 11) is 0. The molecule has 0 heterocycles. The van der Waals surface area contributed by atoms with E-state index < -0.39 is 12.2 Å². The largest absolute Gasteiger partial charge is 0.465 e. The minimum absolute atomic E-state index is 0.109. The monoisotopic (exact) mass is 421 g/mol. The molecule has 0 unspecified atom stereocenters. The fourth-order valence-corrected chi connectivity index (χ4v) is 3.62. The predicted molar refractivity (Wildman–Crippen MR) is 105 cm³/mol. The van der Waals surface area contributed by atoms with Gasteiger partial charge in [-0.1, -0.05) is 89.6 Å². The number of alkyl halides is 1. The molecule has 5 nitrogen and oxygen atoms in total. The summed E-state index contributed by atoms with van der Waals surface area (Å²) in [6, 6.07) is 0. The second-order valence-electron chi connectivity index (χ2n) is 8.74. The molecular weight excluding hydrogens is 386 g/mol. The Labute approximate surface area is 161 Å². The fraction of sp³-hybridized carbons (Fsp3) is 0.895. The number of alkyl carbamates (subject to hydrolysis) is 1. The molecule has 0 aliphatic carbocycles. The van der Waals surface area contributed by atoms with E-state index in [4.69, 9.17) is 9.84 Å². The number of carbonyl (C=O) groups excluding carboxylic acids is 1. The molecule has 25 heavy (non-hydrogen) atoms. The van der Waals surface area contributed by atoms with Crippen molar-refractivity contribution in [3.8, 4) is 0 Å². The Kier molecular flexibility index (Phi) is 10.1. The van der Waals surface area contributed by atoms with Crippen molar-refractivity contribution in [2.24, 2.45) is 10.8 Å². The Hall–Kier alpha value is -0.780. The number of nitrogens with one attached hydrogen (secondary N) is 1. The van der Waals surface area contributed by atoms with Gasteiger partial charge in [-0.25, -0.2) is 14.9 Å². The van der Waals surface area contributed by atoms with Crippen LogP contribution in [0.25, 0.3) is 0 Å². The molecule has 0 fully saturated rings. The summed E-state index contributed by atoms with van der Waals surface area (Å²) in [6.45, 7) is 14.1. The first kappa shape index (κ1) is 24.2. The van der Waals surface area contributed by atoms with Crippen LogP contribution in [0.4, 0.5) is 9.59 Å². The highest BCUT2D eigenvalue weighted by Gasteiger charge is 2.47. The Balaban J connectivity index is 3.89. The molecule has 0 radical (unpaired) electrons. The highest BCUT2D eigenvalue weighted by molar-refractivity contribution is 9.10. The van der Waals surface area contributed by atoms with E-state index in [2.05, 4.69) is 57.5 Å². The lowest BCUT2D eigenvalue weighted by atomic mass is 9.64. The van der Waals surface area contributed by atoms with Gasteiger partial charge < -0.3 is 9.84 Å². The molecule has 0 aromatic rings. The van der Waals surface area contributed by atoms with Crippen LogP contribution < -0.4 is 5.32 Å². The molecule has 0 aromatic heterocycles. The van der Waals surface area contributed by atoms with Gasteiger partial charge in [-0.2, -0.15) is 0 Å². The number of imide groups is 1. The molecule has 148 valence electrons. The number of ether oxygens (including phenoxy) is 1. The Morgan fingerprint density at radius 3 is 1.76 bits per heavy atom. The van der Waals surface area contributed by atoms with Gasteiger partial charge in [0.25, 0.3) is 0 Å². The summed E-state index contributed by atoms with van der Waals surface area (Å²) in [5.41, 5.74) is 0.387. The van der Waals surface area contributed by atoms with E-state index in [1.54, 1.807) is 5.32 Å². The first-order valence-electron chi connectivity index (χ1n) is 9.17. The second kappa shape index (κ2) is 10.4. The molecule has 0 aliphatic rings. The standard InChI is InChI=1S/C19H36BrNO4/c1-17(2,3)19(20,18(4,5)6)13-11-9-7-8-10-12-14-25-16(24)21-15(22)23/h7-14H2,1-6H3,(H,21,24)(H,22,23). The molecule has 0 spiro atoms. The summed E-state index contributed by atoms with van der Waals surface area (Å²) >= 11 is 4.06. The maximum absolute atomic E-state index is 11.0. The average Bonchev–Trinajstić information content (AvgIpc) is 2.41. The van der Waals surface area contributed by atoms with Crippen molar-refractivity contribution < 1.29 is 19.4 Å². The topological polar surface area (TPSA) is 75.6 Å². The minimum Gasteiger partial charge on any atom is -0.465 e. The SMILES string of the molecule is CC(C)(C)C(Br)(CCCCCCCCOC(=O)NC(=O)O)C(C)(C)C. The zero-order valence-electron chi connectivity index (χ0n) is 16.7. The molecule has 0 saturated heterocycles. The maximum atomic E-state index is 11.0. The van der Waals surface area contributed by atoms with Crippen LogP contribution in [0.3, 0.4) is 0 Å². The van der Waals surface area contributed by atoms with Crippen LogP contribution >= 0.6 is 15.9 Å². The first-order chi connectivity index (χ1) is 11.3. The van der Waals surface area contributed by atoms with E-state index >= 15 is 0 Å². The van der Waals surface area contributed by atoms with Crippen LogP contribution in [0.15, 0.2) is 0 Å². The van der Waals surface area contributed by atoms with E-state index in [1.807, 2.05) is 0 Å². The molecule has 2 amide bonds. The van der Waals surface area contributed by atoms with Gasteiger partial charge in [0, 0.05) is 4.32 Å². The number of hydrogen-bond acceptors (Lipinski definition) is 3. The number of carboxylic acid groups (broad SMARTS) is 1. The van der Waals surface area contributed by atoms with Gasteiger partial charge in [0.2, 0.25) is 0 Å². The number of hydrogen-bond donors (Lipinski definition) is 2. The van der Waals surface area contributed by atoms with E-state index in [1.165, 1.54) is 19.3 Å². The number of unbranched alkanes of at least 4 members (excludes halogenated alkanes) is 5. The number of amides is 2. The highest BCUT2D eigenvalue weighted by Crippen LogP contribution is 2.53. The number of rotatable bonds is 9. The lowest BCUT2D eigenvalue weighted by Gasteiger charge is -2.50. The quantitative estimate of drug-likeness (QED) is 0.335. The summed E-state index contributed by atoms with van der Waals surface area (Å²) in [6.07, 6.45) is 5.26. The lowest BCUT2D eigenvalue weighted by molar-refractivity contribution is 0.134. The van der Waals surface area contributed by atoms with E-state index in [-0.39, 0.29) is 21.8 Å². The average molecular weight is 422 g/mol. The van der Waals surface area contributed by atoms with Gasteiger partial charge in [-0.15, -0.1) is 0 Å². The van der Waals surface area contributed by atoms with E-state index in [9.17, 15) is 9.59 Å². The van der Waals surface area contributed by atoms with Crippen molar-refractivity contribution in [2.45, 2.75) is 90.8 Å². The third-order valence-corrected chi connectivity index (χ3v) is 7.51. The first-order valence-corrected chi connectivity index (χ1v) is 9.96. The van der Waals surface area contributed by atoms with Crippen molar-refractivity contribution >= 4 is 28.1 Å². The van der Waals surface area contributed by atoms with Gasteiger partial charge >= 0.3 is 12.2 Å². The third-order valence-electron chi connectivity index (χ3n) is 4.74. The normalized spacial score (nSPS) is 12.8. The van der Waals surface area contributed by atoms with E-state index in [0.29, 0.717) is 0 Å². The molecule has 0 aliphatic heterocycles. The van der Waals surface area contributed by atoms with Gasteiger partial charge in [-0.05, 0) is 23.7 Å². The number of halogens is 1. The molecule has 0 bridgehead atoms. The van der Waals surface area contributed by atoms with Crippen LogP contribution in [0, 0.1) is 10.8 Å². The molecule has 0 aromatic carbocycles. The van der Waals surface area contributed by atoms with E-state index in [0.717, 1.165) is 25.7 Å². The van der Waals surface area contributed by atoms with Crippen molar-refractivity contribution in [3.05, 3.63) is 0 Å². The molecule has 0 saturated carbocycles. The summed E-state index contributed by atoms with van der Waals surface area (Å²) in [5, 5.41) is 10.0. The van der Waals surface area contributed by atoms with Gasteiger partial charge in [0.15, 0.2) is 0 Å². The number of carbonyl (C=O) groups is 2. The maximum Gasteiger partial charge on any atom is 0.416 e. The van der Waals surface area contributed by atoms with Gasteiger partial charge in [0.1, 0.15) is 0 Å². The molecular formula is C19H36BrNO4. The minimum atomic E-state index is -1.39. The lowest BCUT2D eigenvalue weighted by Crippen LogP contribution is -2.47. The smallest absolute Gasteiger partial charge is 0.416 e. The highest BCUT2D eigenvalue weighted by atomic mass is 79.9. The molecule has 0 atom stereocenters. The van der Waals surface area contributed by atoms with Crippen LogP contribution in [0.2, 0.25) is 0 Å². The molecule has 2 N–H and O–H groups in total. The molecule has 6 heteroatoms.